The molecule has 10 heteroatoms. The number of nitrogens with two attached hydrogens (primary N) is 1. The number of benzene rings is 2. The molecule has 4 rings (SSSR count). The van der Waals surface area contributed by atoms with Crippen LogP contribution < -0.4 is 10.5 Å². The largest absolute Gasteiger partial charge is 0.383 e. The fourth-order valence-corrected chi connectivity index (χ4v) is 6.17. The van der Waals surface area contributed by atoms with Crippen molar-refractivity contribution in [3.05, 3.63) is 65.2 Å². The summed E-state index contributed by atoms with van der Waals surface area (Å²) in [5.74, 6) is 0.0110. The normalized spacial score (nSPS) is 17.8. The van der Waals surface area contributed by atoms with E-state index in [9.17, 15) is 13.2 Å². The zero-order chi connectivity index (χ0) is 21.3. The lowest BCUT2D eigenvalue weighted by atomic mass is 10.2. The number of thiophene rings is 1. The molecule has 0 radical (unpaired) electrons. The number of rotatable bonds is 6. The number of amides is 1. The Labute approximate surface area is 183 Å². The van der Waals surface area contributed by atoms with Crippen LogP contribution in [0.1, 0.15) is 12.0 Å². The zero-order valence-corrected chi connectivity index (χ0v) is 18.2. The molecular formula is C20H19ClN4O3S2. The molecular weight excluding hydrogens is 444 g/mol. The third kappa shape index (κ3) is 4.20. The van der Waals surface area contributed by atoms with Gasteiger partial charge in [-0.3, -0.25) is 4.79 Å². The SMILES string of the molecule is NC(=NCN1CC[C@H](NS(=O)(=O)c2cc3c(Cl)cccc3s2)C1=O)c1ccccc1. The lowest BCUT2D eigenvalue weighted by molar-refractivity contribution is -0.128. The van der Waals surface area contributed by atoms with Gasteiger partial charge in [-0.05, 0) is 24.6 Å². The summed E-state index contributed by atoms with van der Waals surface area (Å²) >= 11 is 7.26. The number of hydrogen-bond acceptors (Lipinski definition) is 5. The quantitative estimate of drug-likeness (QED) is 0.434. The second kappa shape index (κ2) is 8.35. The first-order valence-electron chi connectivity index (χ1n) is 9.20. The third-order valence-corrected chi connectivity index (χ3v) is 8.20. The second-order valence-corrected chi connectivity index (χ2v) is 10.3. The Kier molecular flexibility index (Phi) is 5.79. The standard InChI is InChI=1S/C20H19ClN4O3S2/c21-15-7-4-8-17-14(15)11-18(29-17)30(27,28)24-16-9-10-25(20(16)26)12-23-19(22)13-5-2-1-3-6-13/h1-8,11,16,24H,9-10,12H2,(H2,22,23)/t16-/m0/s1. The number of likely N-dealkylation sites (tertiary alicyclic amines) is 1. The van der Waals surface area contributed by atoms with Gasteiger partial charge >= 0.3 is 0 Å². The highest BCUT2D eigenvalue weighted by Gasteiger charge is 2.35. The maximum absolute atomic E-state index is 12.8. The molecule has 1 aliphatic rings. The molecule has 0 unspecified atom stereocenters. The lowest BCUT2D eigenvalue weighted by Gasteiger charge is -2.15. The van der Waals surface area contributed by atoms with Crippen LogP contribution in [0.5, 0.6) is 0 Å². The van der Waals surface area contributed by atoms with E-state index in [1.165, 1.54) is 11.0 Å². The molecule has 3 aromatic rings. The first-order valence-corrected chi connectivity index (χ1v) is 11.9. The van der Waals surface area contributed by atoms with Crippen LogP contribution >= 0.6 is 22.9 Å². The van der Waals surface area contributed by atoms with Crippen molar-refractivity contribution < 1.29 is 13.2 Å². The number of hydrogen-bond donors (Lipinski definition) is 2. The van der Waals surface area contributed by atoms with Gasteiger partial charge in [-0.15, -0.1) is 11.3 Å². The lowest BCUT2D eigenvalue weighted by Crippen LogP contribution is -2.41. The molecule has 0 aliphatic carbocycles. The number of carbonyl (C=O) groups is 1. The minimum Gasteiger partial charge on any atom is -0.383 e. The van der Waals surface area contributed by atoms with Crippen molar-refractivity contribution in [1.29, 1.82) is 0 Å². The number of aliphatic imine (C=N–C) groups is 1. The third-order valence-electron chi connectivity index (χ3n) is 4.83. The molecule has 7 nitrogen and oxygen atoms in total. The van der Waals surface area contributed by atoms with E-state index in [0.717, 1.165) is 21.6 Å². The maximum Gasteiger partial charge on any atom is 0.250 e. The van der Waals surface area contributed by atoms with Crippen molar-refractivity contribution in [3.63, 3.8) is 0 Å². The first kappa shape index (κ1) is 20.8. The molecule has 3 N–H and O–H groups in total. The van der Waals surface area contributed by atoms with Crippen molar-refractivity contribution >= 4 is 54.8 Å². The van der Waals surface area contributed by atoms with Crippen LogP contribution in [0.25, 0.3) is 10.1 Å². The van der Waals surface area contributed by atoms with Crippen LogP contribution in [0.3, 0.4) is 0 Å². The number of amidine groups is 1. The van der Waals surface area contributed by atoms with E-state index < -0.39 is 16.1 Å². The molecule has 1 fully saturated rings. The monoisotopic (exact) mass is 462 g/mol. The summed E-state index contributed by atoms with van der Waals surface area (Å²) in [5, 5.41) is 1.16. The van der Waals surface area contributed by atoms with E-state index in [2.05, 4.69) is 9.71 Å². The van der Waals surface area contributed by atoms with Crippen molar-refractivity contribution in [2.24, 2.45) is 10.7 Å². The summed E-state index contributed by atoms with van der Waals surface area (Å²) in [6, 6.07) is 15.2. The maximum atomic E-state index is 12.8. The first-order chi connectivity index (χ1) is 14.3. The van der Waals surface area contributed by atoms with Crippen LogP contribution in [-0.2, 0) is 14.8 Å². The second-order valence-electron chi connectivity index (χ2n) is 6.83. The van der Waals surface area contributed by atoms with Crippen LogP contribution in [0.4, 0.5) is 0 Å². The van der Waals surface area contributed by atoms with Gasteiger partial charge < -0.3 is 10.6 Å². The Morgan fingerprint density at radius 3 is 2.73 bits per heavy atom. The summed E-state index contributed by atoms with van der Waals surface area (Å²) in [6.07, 6.45) is 0.366. The van der Waals surface area contributed by atoms with E-state index in [4.69, 9.17) is 17.3 Å². The Hall–Kier alpha value is -2.46. The average molecular weight is 463 g/mol. The van der Waals surface area contributed by atoms with Gasteiger partial charge in [-0.2, -0.15) is 4.72 Å². The smallest absolute Gasteiger partial charge is 0.250 e. The van der Waals surface area contributed by atoms with Crippen LogP contribution in [0, 0.1) is 0 Å². The summed E-state index contributed by atoms with van der Waals surface area (Å²) < 4.78 is 29.0. The summed E-state index contributed by atoms with van der Waals surface area (Å²) in [7, 11) is -3.85. The molecule has 2 heterocycles. The van der Waals surface area contributed by atoms with Gasteiger partial charge in [0.15, 0.2) is 0 Å². The number of carbonyl (C=O) groups excluding carboxylic acids is 1. The van der Waals surface area contributed by atoms with Crippen LogP contribution in [0.15, 0.2) is 63.8 Å². The summed E-state index contributed by atoms with van der Waals surface area (Å²) in [4.78, 5) is 18.4. The van der Waals surface area contributed by atoms with Gasteiger partial charge in [0.05, 0.1) is 0 Å². The molecule has 156 valence electrons. The molecule has 2 aromatic carbocycles. The molecule has 1 aromatic heterocycles. The summed E-state index contributed by atoms with van der Waals surface area (Å²) in [6.45, 7) is 0.478. The van der Waals surface area contributed by atoms with E-state index in [1.54, 1.807) is 12.1 Å². The molecule has 1 aliphatic heterocycles. The summed E-state index contributed by atoms with van der Waals surface area (Å²) in [5.41, 5.74) is 6.74. The van der Waals surface area contributed by atoms with Gasteiger partial charge in [0, 0.05) is 27.2 Å². The van der Waals surface area contributed by atoms with Crippen LogP contribution in [0.2, 0.25) is 5.02 Å². The molecule has 0 bridgehead atoms. The Bertz CT molecular complexity index is 1230. The predicted molar refractivity (Wildman–Crippen MR) is 119 cm³/mol. The van der Waals surface area contributed by atoms with E-state index >= 15 is 0 Å². The molecule has 1 atom stereocenters. The fourth-order valence-electron chi connectivity index (χ4n) is 3.23. The Morgan fingerprint density at radius 2 is 2.00 bits per heavy atom. The zero-order valence-electron chi connectivity index (χ0n) is 15.8. The molecule has 1 saturated heterocycles. The van der Waals surface area contributed by atoms with Crippen molar-refractivity contribution in [2.75, 3.05) is 13.2 Å². The Morgan fingerprint density at radius 1 is 1.23 bits per heavy atom. The Balaban J connectivity index is 1.45. The van der Waals surface area contributed by atoms with Crippen molar-refractivity contribution in [2.45, 2.75) is 16.7 Å². The molecule has 30 heavy (non-hydrogen) atoms. The topological polar surface area (TPSA) is 105 Å². The van der Waals surface area contributed by atoms with E-state index in [1.807, 2.05) is 36.4 Å². The van der Waals surface area contributed by atoms with E-state index in [0.29, 0.717) is 29.2 Å². The predicted octanol–water partition coefficient (Wildman–Crippen LogP) is 2.80. The minimum absolute atomic E-state index is 0.0796. The molecule has 1 amide bonds. The highest BCUT2D eigenvalue weighted by Crippen LogP contribution is 2.33. The van der Waals surface area contributed by atoms with Gasteiger partial charge in [0.25, 0.3) is 10.0 Å². The molecule has 0 spiro atoms. The highest BCUT2D eigenvalue weighted by molar-refractivity contribution is 7.91. The van der Waals surface area contributed by atoms with Gasteiger partial charge in [0.2, 0.25) is 5.91 Å². The fraction of sp³-hybridized carbons (Fsp3) is 0.200. The van der Waals surface area contributed by atoms with Gasteiger partial charge in [-0.25, -0.2) is 13.4 Å². The number of sulfonamides is 1. The number of halogens is 1. The van der Waals surface area contributed by atoms with Crippen LogP contribution in [-0.4, -0.2) is 44.3 Å². The minimum atomic E-state index is -3.85. The number of nitrogens with zero attached hydrogens (tertiary/aromatic N) is 2. The number of nitrogens with one attached hydrogen (secondary N) is 1. The van der Waals surface area contributed by atoms with E-state index in [-0.39, 0.29) is 16.8 Å². The highest BCUT2D eigenvalue weighted by atomic mass is 35.5. The number of fused-ring (bicyclic) bond motifs is 1. The van der Waals surface area contributed by atoms with Gasteiger partial charge in [0.1, 0.15) is 22.8 Å². The average Bonchev–Trinajstić information content (AvgIpc) is 3.32. The van der Waals surface area contributed by atoms with Gasteiger partial charge in [-0.1, -0.05) is 48.0 Å². The van der Waals surface area contributed by atoms with Crippen molar-refractivity contribution in [3.8, 4) is 0 Å². The molecule has 0 saturated carbocycles. The van der Waals surface area contributed by atoms with Crippen molar-refractivity contribution in [1.82, 2.24) is 9.62 Å².